The van der Waals surface area contributed by atoms with Crippen molar-refractivity contribution in [3.05, 3.63) is 46.5 Å². The van der Waals surface area contributed by atoms with Crippen LogP contribution < -0.4 is 5.32 Å². The summed E-state index contributed by atoms with van der Waals surface area (Å²) in [6, 6.07) is 10.3. The molecule has 6 nitrogen and oxygen atoms in total. The van der Waals surface area contributed by atoms with E-state index in [4.69, 9.17) is 5.11 Å². The first-order valence-corrected chi connectivity index (χ1v) is 9.74. The topological polar surface area (TPSA) is 82.5 Å². The number of aromatic nitrogens is 1. The molecule has 4 rings (SSSR count). The van der Waals surface area contributed by atoms with E-state index in [-0.39, 0.29) is 12.6 Å². The second-order valence-electron chi connectivity index (χ2n) is 6.94. The van der Waals surface area contributed by atoms with Crippen LogP contribution in [0.1, 0.15) is 34.9 Å². The highest BCUT2D eigenvalue weighted by Gasteiger charge is 2.31. The molecule has 7 heteroatoms. The van der Waals surface area contributed by atoms with Crippen molar-refractivity contribution in [1.29, 1.82) is 0 Å². The van der Waals surface area contributed by atoms with E-state index in [0.29, 0.717) is 24.0 Å². The monoisotopic (exact) mass is 371 g/mol. The van der Waals surface area contributed by atoms with Crippen molar-refractivity contribution in [2.24, 2.45) is 5.92 Å². The maximum atomic E-state index is 12.4. The molecule has 136 valence electrons. The molecule has 0 saturated carbocycles. The van der Waals surface area contributed by atoms with Gasteiger partial charge in [-0.15, -0.1) is 11.3 Å². The lowest BCUT2D eigenvalue weighted by molar-refractivity contribution is -0.141. The Kier molecular flexibility index (Phi) is 4.63. The van der Waals surface area contributed by atoms with Gasteiger partial charge in [-0.3, -0.25) is 10.1 Å². The van der Waals surface area contributed by atoms with Crippen LogP contribution in [0.2, 0.25) is 0 Å². The van der Waals surface area contributed by atoms with Gasteiger partial charge in [0.15, 0.2) is 5.13 Å². The lowest BCUT2D eigenvalue weighted by atomic mass is 9.85. The van der Waals surface area contributed by atoms with Crippen LogP contribution >= 0.6 is 11.3 Å². The number of thiazole rings is 1. The normalized spacial score (nSPS) is 22.1. The molecule has 2 aromatic rings. The number of nitrogens with zero attached hydrogens (tertiary/aromatic N) is 2. The minimum Gasteiger partial charge on any atom is -0.481 e. The number of likely N-dealkylation sites (tertiary alicyclic amines) is 1. The van der Waals surface area contributed by atoms with Gasteiger partial charge in [-0.1, -0.05) is 30.3 Å². The number of carboxylic acids is 1. The molecule has 0 radical (unpaired) electrons. The third kappa shape index (κ3) is 3.44. The summed E-state index contributed by atoms with van der Waals surface area (Å²) in [6.07, 6.45) is 3.46. The van der Waals surface area contributed by atoms with Crippen molar-refractivity contribution in [2.75, 3.05) is 18.4 Å². The van der Waals surface area contributed by atoms with Crippen molar-refractivity contribution < 1.29 is 14.7 Å². The highest BCUT2D eigenvalue weighted by Crippen LogP contribution is 2.37. The molecule has 0 bridgehead atoms. The molecule has 0 spiro atoms. The number of hydrogen-bond acceptors (Lipinski definition) is 4. The average Bonchev–Trinajstić information content (AvgIpc) is 3.28. The minimum atomic E-state index is -0.836. The number of aliphatic carboxylic acids is 1. The summed E-state index contributed by atoms with van der Waals surface area (Å²) in [7, 11) is 0. The lowest BCUT2D eigenvalue weighted by Crippen LogP contribution is -2.33. The summed E-state index contributed by atoms with van der Waals surface area (Å²) in [4.78, 5) is 30.8. The van der Waals surface area contributed by atoms with Gasteiger partial charge in [-0.25, -0.2) is 9.78 Å². The van der Waals surface area contributed by atoms with Crippen molar-refractivity contribution >= 4 is 28.5 Å². The molecule has 2 atom stereocenters. The summed E-state index contributed by atoms with van der Waals surface area (Å²) in [5.74, 6) is -0.795. The summed E-state index contributed by atoms with van der Waals surface area (Å²) in [5, 5.41) is 12.5. The number of rotatable bonds is 3. The quantitative estimate of drug-likeness (QED) is 0.867. The molecule has 2 heterocycles. The molecule has 1 fully saturated rings. The Bertz CT molecular complexity index is 821. The van der Waals surface area contributed by atoms with E-state index in [2.05, 4.69) is 34.6 Å². The van der Waals surface area contributed by atoms with Crippen molar-refractivity contribution in [3.8, 4) is 0 Å². The predicted molar refractivity (Wildman–Crippen MR) is 99.7 cm³/mol. The maximum absolute atomic E-state index is 12.4. The zero-order valence-corrected chi connectivity index (χ0v) is 15.2. The lowest BCUT2D eigenvalue weighted by Gasteiger charge is -2.21. The fourth-order valence-electron chi connectivity index (χ4n) is 3.75. The Hall–Kier alpha value is -2.41. The summed E-state index contributed by atoms with van der Waals surface area (Å²) in [5.41, 5.74) is 2.44. The number of benzene rings is 1. The van der Waals surface area contributed by atoms with E-state index in [1.54, 1.807) is 16.2 Å². The SMILES string of the molecule is O=C(O)C1CCN(C(=O)Nc2nc3c(s2)CC(c2ccccc2)CC3)C1. The first-order chi connectivity index (χ1) is 12.6. The van der Waals surface area contributed by atoms with Crippen LogP contribution in [0.3, 0.4) is 0 Å². The van der Waals surface area contributed by atoms with Gasteiger partial charge in [-0.2, -0.15) is 0 Å². The number of carbonyl (C=O) groups excluding carboxylic acids is 1. The Morgan fingerprint density at radius 1 is 1.23 bits per heavy atom. The van der Waals surface area contributed by atoms with E-state index in [1.165, 1.54) is 10.4 Å². The van der Waals surface area contributed by atoms with Crippen LogP contribution in [-0.4, -0.2) is 40.1 Å². The van der Waals surface area contributed by atoms with Crippen LogP contribution in [0.25, 0.3) is 0 Å². The van der Waals surface area contributed by atoms with Crippen molar-refractivity contribution in [1.82, 2.24) is 9.88 Å². The number of urea groups is 1. The highest BCUT2D eigenvalue weighted by atomic mass is 32.1. The van der Waals surface area contributed by atoms with E-state index >= 15 is 0 Å². The molecule has 2 amide bonds. The Labute approximate surface area is 155 Å². The number of fused-ring (bicyclic) bond motifs is 1. The number of nitrogens with one attached hydrogen (secondary N) is 1. The smallest absolute Gasteiger partial charge is 0.323 e. The van der Waals surface area contributed by atoms with Gasteiger partial charge in [-0.05, 0) is 37.2 Å². The van der Waals surface area contributed by atoms with Gasteiger partial charge < -0.3 is 10.0 Å². The molecular weight excluding hydrogens is 350 g/mol. The third-order valence-corrected chi connectivity index (χ3v) is 6.28. The molecule has 1 aromatic carbocycles. The second-order valence-corrected chi connectivity index (χ2v) is 8.02. The average molecular weight is 371 g/mol. The molecule has 2 unspecified atom stereocenters. The fraction of sp³-hybridized carbons (Fsp3) is 0.421. The molecule has 1 aromatic heterocycles. The van der Waals surface area contributed by atoms with Gasteiger partial charge >= 0.3 is 12.0 Å². The van der Waals surface area contributed by atoms with E-state index < -0.39 is 11.9 Å². The number of anilines is 1. The van der Waals surface area contributed by atoms with Crippen molar-refractivity contribution in [2.45, 2.75) is 31.6 Å². The Morgan fingerprint density at radius 2 is 2.04 bits per heavy atom. The standard InChI is InChI=1S/C19H21N3O3S/c23-17(24)14-8-9-22(11-14)19(25)21-18-20-15-7-6-13(10-16(15)26-18)12-4-2-1-3-5-12/h1-5,13-14H,6-11H2,(H,23,24)(H,20,21,25). The number of carbonyl (C=O) groups is 2. The van der Waals surface area contributed by atoms with E-state index in [9.17, 15) is 9.59 Å². The van der Waals surface area contributed by atoms with Crippen LogP contribution in [0.4, 0.5) is 9.93 Å². The number of aryl methyl sites for hydroxylation is 1. The molecular formula is C19H21N3O3S. The van der Waals surface area contributed by atoms with E-state index in [0.717, 1.165) is 25.0 Å². The van der Waals surface area contributed by atoms with Gasteiger partial charge in [0.05, 0.1) is 11.6 Å². The van der Waals surface area contributed by atoms with Gasteiger partial charge in [0.25, 0.3) is 0 Å². The maximum Gasteiger partial charge on any atom is 0.323 e. The fourth-order valence-corrected chi connectivity index (χ4v) is 4.83. The molecule has 2 N–H and O–H groups in total. The molecule has 1 aliphatic heterocycles. The largest absolute Gasteiger partial charge is 0.481 e. The third-order valence-electron chi connectivity index (χ3n) is 5.25. The minimum absolute atomic E-state index is 0.251. The number of hydrogen-bond donors (Lipinski definition) is 2. The van der Waals surface area contributed by atoms with Gasteiger partial charge in [0.2, 0.25) is 0 Å². The molecule has 26 heavy (non-hydrogen) atoms. The zero-order chi connectivity index (χ0) is 18.1. The molecule has 2 aliphatic rings. The first-order valence-electron chi connectivity index (χ1n) is 8.92. The van der Waals surface area contributed by atoms with Crippen LogP contribution in [0.5, 0.6) is 0 Å². The second kappa shape index (κ2) is 7.07. The predicted octanol–water partition coefficient (Wildman–Crippen LogP) is 3.35. The van der Waals surface area contributed by atoms with Crippen molar-refractivity contribution in [3.63, 3.8) is 0 Å². The number of amides is 2. The Morgan fingerprint density at radius 3 is 2.77 bits per heavy atom. The Balaban J connectivity index is 1.41. The van der Waals surface area contributed by atoms with Crippen LogP contribution in [0, 0.1) is 5.92 Å². The van der Waals surface area contributed by atoms with Crippen LogP contribution in [-0.2, 0) is 17.6 Å². The molecule has 1 aliphatic carbocycles. The molecule has 1 saturated heterocycles. The van der Waals surface area contributed by atoms with Gasteiger partial charge in [0, 0.05) is 18.0 Å². The zero-order valence-electron chi connectivity index (χ0n) is 14.4. The van der Waals surface area contributed by atoms with Crippen LogP contribution in [0.15, 0.2) is 30.3 Å². The summed E-state index contributed by atoms with van der Waals surface area (Å²) in [6.45, 7) is 0.742. The number of carboxylic acid groups (broad SMARTS) is 1. The summed E-state index contributed by atoms with van der Waals surface area (Å²) >= 11 is 1.54. The van der Waals surface area contributed by atoms with Gasteiger partial charge in [0.1, 0.15) is 0 Å². The highest BCUT2D eigenvalue weighted by molar-refractivity contribution is 7.15. The first kappa shape index (κ1) is 17.0. The van der Waals surface area contributed by atoms with E-state index in [1.807, 2.05) is 6.07 Å². The summed E-state index contributed by atoms with van der Waals surface area (Å²) < 4.78 is 0.